The third kappa shape index (κ3) is 1.45. The number of aliphatic hydroxyl groups excluding tert-OH is 1. The number of halogens is 3. The molecule has 1 nitrogen and oxygen atoms in total. The Morgan fingerprint density at radius 2 is 2.07 bits per heavy atom. The SMILES string of the molecule is CC1(C)C[C@@H](O)c2c(F)c(F)cc(Cl)c21. The maximum Gasteiger partial charge on any atom is 0.165 e. The molecule has 0 radical (unpaired) electrons. The maximum absolute atomic E-state index is 13.5. The molecule has 1 aromatic rings. The fraction of sp³-hybridized carbons (Fsp3) is 0.455. The lowest BCUT2D eigenvalue weighted by Crippen LogP contribution is -2.13. The topological polar surface area (TPSA) is 20.2 Å². The minimum atomic E-state index is -1.00. The van der Waals surface area contributed by atoms with Crippen LogP contribution in [0.5, 0.6) is 0 Å². The van der Waals surface area contributed by atoms with Crippen molar-refractivity contribution in [2.24, 2.45) is 0 Å². The van der Waals surface area contributed by atoms with Gasteiger partial charge < -0.3 is 5.11 Å². The van der Waals surface area contributed by atoms with Gasteiger partial charge in [-0.2, -0.15) is 0 Å². The smallest absolute Gasteiger partial charge is 0.165 e. The molecule has 0 saturated heterocycles. The number of benzene rings is 1. The summed E-state index contributed by atoms with van der Waals surface area (Å²) >= 11 is 5.88. The van der Waals surface area contributed by atoms with Crippen LogP contribution >= 0.6 is 11.6 Å². The van der Waals surface area contributed by atoms with E-state index in [0.29, 0.717) is 12.0 Å². The van der Waals surface area contributed by atoms with E-state index in [4.69, 9.17) is 11.6 Å². The summed E-state index contributed by atoms with van der Waals surface area (Å²) in [7, 11) is 0. The lowest BCUT2D eigenvalue weighted by Gasteiger charge is -2.19. The third-order valence-corrected chi connectivity index (χ3v) is 3.22. The Hall–Kier alpha value is -0.670. The lowest BCUT2D eigenvalue weighted by atomic mass is 9.86. The summed E-state index contributed by atoms with van der Waals surface area (Å²) < 4.78 is 26.6. The average Bonchev–Trinajstić information content (AvgIpc) is 2.32. The minimum Gasteiger partial charge on any atom is -0.388 e. The molecule has 0 unspecified atom stereocenters. The molecule has 1 N–H and O–H groups in total. The summed E-state index contributed by atoms with van der Waals surface area (Å²) in [6, 6.07) is 0.968. The first-order chi connectivity index (χ1) is 6.84. The van der Waals surface area contributed by atoms with Gasteiger partial charge in [0.25, 0.3) is 0 Å². The van der Waals surface area contributed by atoms with E-state index >= 15 is 0 Å². The zero-order valence-electron chi connectivity index (χ0n) is 8.44. The van der Waals surface area contributed by atoms with E-state index < -0.39 is 23.2 Å². The standard InChI is InChI=1S/C11H11ClF2O/c1-11(2)4-7(15)8-9(11)5(12)3-6(13)10(8)14/h3,7,15H,4H2,1-2H3/t7-/m1/s1. The molecule has 0 aliphatic heterocycles. The zero-order chi connectivity index (χ0) is 11.4. The van der Waals surface area contributed by atoms with Gasteiger partial charge in [0.05, 0.1) is 6.10 Å². The maximum atomic E-state index is 13.5. The van der Waals surface area contributed by atoms with Crippen LogP contribution in [0, 0.1) is 11.6 Å². The van der Waals surface area contributed by atoms with Crippen LogP contribution in [-0.2, 0) is 5.41 Å². The van der Waals surface area contributed by atoms with Crippen molar-refractivity contribution in [2.75, 3.05) is 0 Å². The Morgan fingerprint density at radius 1 is 1.47 bits per heavy atom. The zero-order valence-corrected chi connectivity index (χ0v) is 9.20. The van der Waals surface area contributed by atoms with Crippen LogP contribution in [0.25, 0.3) is 0 Å². The number of fused-ring (bicyclic) bond motifs is 1. The fourth-order valence-corrected chi connectivity index (χ4v) is 2.76. The molecule has 0 saturated carbocycles. The first-order valence-corrected chi connectivity index (χ1v) is 5.08. The Labute approximate surface area is 91.7 Å². The van der Waals surface area contributed by atoms with Gasteiger partial charge in [0.1, 0.15) is 0 Å². The van der Waals surface area contributed by atoms with Crippen LogP contribution in [0.1, 0.15) is 37.5 Å². The summed E-state index contributed by atoms with van der Waals surface area (Å²) in [6.07, 6.45) is -0.606. The van der Waals surface area contributed by atoms with E-state index in [1.165, 1.54) is 0 Å². The Bertz CT molecular complexity index is 429. The van der Waals surface area contributed by atoms with E-state index in [2.05, 4.69) is 0 Å². The highest BCUT2D eigenvalue weighted by molar-refractivity contribution is 6.31. The Morgan fingerprint density at radius 3 is 2.67 bits per heavy atom. The summed E-state index contributed by atoms with van der Waals surface area (Å²) in [6.45, 7) is 3.70. The van der Waals surface area contributed by atoms with Gasteiger partial charge in [-0.25, -0.2) is 8.78 Å². The Balaban J connectivity index is 2.78. The molecule has 15 heavy (non-hydrogen) atoms. The van der Waals surface area contributed by atoms with Crippen LogP contribution in [-0.4, -0.2) is 5.11 Å². The molecule has 82 valence electrons. The van der Waals surface area contributed by atoms with Crippen LogP contribution in [0.2, 0.25) is 5.02 Å². The molecular formula is C11H11ClF2O. The van der Waals surface area contributed by atoms with Crippen molar-refractivity contribution in [3.63, 3.8) is 0 Å². The largest absolute Gasteiger partial charge is 0.388 e. The fourth-order valence-electron chi connectivity index (χ4n) is 2.30. The Kier molecular flexibility index (Phi) is 2.28. The second-order valence-electron chi connectivity index (χ2n) is 4.55. The van der Waals surface area contributed by atoms with Gasteiger partial charge in [0, 0.05) is 10.6 Å². The molecule has 0 fully saturated rings. The van der Waals surface area contributed by atoms with Crippen molar-refractivity contribution >= 4 is 11.6 Å². The van der Waals surface area contributed by atoms with Crippen LogP contribution in [0.15, 0.2) is 6.07 Å². The van der Waals surface area contributed by atoms with Crippen molar-refractivity contribution in [1.29, 1.82) is 0 Å². The molecule has 1 aliphatic carbocycles. The van der Waals surface area contributed by atoms with Gasteiger partial charge >= 0.3 is 0 Å². The van der Waals surface area contributed by atoms with Crippen molar-refractivity contribution in [1.82, 2.24) is 0 Å². The van der Waals surface area contributed by atoms with Gasteiger partial charge in [-0.15, -0.1) is 0 Å². The second-order valence-corrected chi connectivity index (χ2v) is 4.95. The minimum absolute atomic E-state index is 0.0185. The van der Waals surface area contributed by atoms with Gasteiger partial charge in [-0.1, -0.05) is 25.4 Å². The molecule has 0 heterocycles. The molecular weight excluding hydrogens is 222 g/mol. The van der Waals surface area contributed by atoms with Crippen molar-refractivity contribution < 1.29 is 13.9 Å². The summed E-state index contributed by atoms with van der Waals surface area (Å²) in [4.78, 5) is 0. The predicted molar refractivity (Wildman–Crippen MR) is 54.0 cm³/mol. The predicted octanol–water partition coefficient (Wildman–Crippen LogP) is 3.33. The second kappa shape index (κ2) is 3.16. The molecule has 0 spiro atoms. The number of aliphatic hydroxyl groups is 1. The molecule has 1 aromatic carbocycles. The van der Waals surface area contributed by atoms with Crippen LogP contribution in [0.3, 0.4) is 0 Å². The highest BCUT2D eigenvalue weighted by Crippen LogP contribution is 2.49. The van der Waals surface area contributed by atoms with E-state index in [0.717, 1.165) is 6.07 Å². The van der Waals surface area contributed by atoms with Crippen molar-refractivity contribution in [2.45, 2.75) is 31.8 Å². The quantitative estimate of drug-likeness (QED) is 0.681. The normalized spacial score (nSPS) is 22.9. The third-order valence-electron chi connectivity index (χ3n) is 2.92. The lowest BCUT2D eigenvalue weighted by molar-refractivity contribution is 0.157. The molecule has 0 aromatic heterocycles. The number of hydrogen-bond donors (Lipinski definition) is 1. The molecule has 2 rings (SSSR count). The average molecular weight is 233 g/mol. The first kappa shape index (κ1) is 10.8. The van der Waals surface area contributed by atoms with Gasteiger partial charge in [-0.05, 0) is 23.5 Å². The highest BCUT2D eigenvalue weighted by Gasteiger charge is 2.40. The van der Waals surface area contributed by atoms with Gasteiger partial charge in [-0.3, -0.25) is 0 Å². The molecule has 1 aliphatic rings. The van der Waals surface area contributed by atoms with Crippen molar-refractivity contribution in [3.05, 3.63) is 33.9 Å². The molecule has 0 amide bonds. The summed E-state index contributed by atoms with van der Waals surface area (Å²) in [5, 5.41) is 9.87. The number of rotatable bonds is 0. The first-order valence-electron chi connectivity index (χ1n) is 4.70. The van der Waals surface area contributed by atoms with Crippen LogP contribution in [0.4, 0.5) is 8.78 Å². The van der Waals surface area contributed by atoms with Crippen molar-refractivity contribution in [3.8, 4) is 0 Å². The van der Waals surface area contributed by atoms with E-state index in [-0.39, 0.29) is 10.6 Å². The van der Waals surface area contributed by atoms with Crippen LogP contribution < -0.4 is 0 Å². The van der Waals surface area contributed by atoms with E-state index in [9.17, 15) is 13.9 Å². The molecule has 0 bridgehead atoms. The summed E-state index contributed by atoms with van der Waals surface area (Å²) in [5.41, 5.74) is 0.126. The molecule has 1 atom stereocenters. The monoisotopic (exact) mass is 232 g/mol. The van der Waals surface area contributed by atoms with E-state index in [1.807, 2.05) is 13.8 Å². The summed E-state index contributed by atoms with van der Waals surface area (Å²) in [5.74, 6) is -1.98. The number of hydrogen-bond acceptors (Lipinski definition) is 1. The van der Waals surface area contributed by atoms with E-state index in [1.54, 1.807) is 0 Å². The molecule has 4 heteroatoms. The highest BCUT2D eigenvalue weighted by atomic mass is 35.5. The van der Waals surface area contributed by atoms with Gasteiger partial charge in [0.15, 0.2) is 11.6 Å². The van der Waals surface area contributed by atoms with Gasteiger partial charge in [0.2, 0.25) is 0 Å².